The summed E-state index contributed by atoms with van der Waals surface area (Å²) in [5.41, 5.74) is 2.27. The average Bonchev–Trinajstić information content (AvgIpc) is 3.03. The predicted molar refractivity (Wildman–Crippen MR) is 101 cm³/mol. The number of hydrogen-bond acceptors (Lipinski definition) is 4. The van der Waals surface area contributed by atoms with Crippen LogP contribution in [0.1, 0.15) is 47.3 Å². The Labute approximate surface area is 163 Å². The maximum atomic E-state index is 14.2. The minimum absolute atomic E-state index is 0.0172. The van der Waals surface area contributed by atoms with Gasteiger partial charge in [0.2, 0.25) is 0 Å². The number of halogens is 2. The zero-order chi connectivity index (χ0) is 20.4. The van der Waals surface area contributed by atoms with Crippen LogP contribution in [0, 0.1) is 11.6 Å². The number of aromatic amines is 1. The van der Waals surface area contributed by atoms with E-state index in [4.69, 9.17) is 4.74 Å². The molecule has 1 aliphatic heterocycles. The summed E-state index contributed by atoms with van der Waals surface area (Å²) in [7, 11) is 3.80. The maximum Gasteiger partial charge on any atom is 0.274 e. The van der Waals surface area contributed by atoms with E-state index in [2.05, 4.69) is 10.2 Å². The van der Waals surface area contributed by atoms with Crippen LogP contribution in [0.2, 0.25) is 0 Å². The fraction of sp³-hybridized carbons (Fsp3) is 0.500. The molecule has 1 N–H and O–H groups in total. The Morgan fingerprint density at radius 3 is 2.71 bits per heavy atom. The van der Waals surface area contributed by atoms with Crippen LogP contribution in [-0.2, 0) is 17.7 Å². The van der Waals surface area contributed by atoms with Crippen LogP contribution in [0.5, 0.6) is 0 Å². The number of H-pyrrole nitrogens is 1. The van der Waals surface area contributed by atoms with Crippen LogP contribution in [0.25, 0.3) is 0 Å². The van der Waals surface area contributed by atoms with Crippen molar-refractivity contribution in [3.63, 3.8) is 0 Å². The second-order valence-corrected chi connectivity index (χ2v) is 7.52. The monoisotopic (exact) mass is 392 g/mol. The number of rotatable bonds is 6. The molecular formula is C20H26F2N4O2. The number of likely N-dealkylation sites (N-methyl/N-ethyl adjacent to an activating group) is 1. The highest BCUT2D eigenvalue weighted by Crippen LogP contribution is 2.30. The minimum Gasteiger partial charge on any atom is -0.369 e. The number of aromatic nitrogens is 2. The normalized spacial score (nSPS) is 19.0. The molecule has 0 aliphatic carbocycles. The lowest BCUT2D eigenvalue weighted by Crippen LogP contribution is -2.37. The SMILES string of the molecule is C[C@@H]1Cc2c(C(=O)N(CCN(C)C)Cc3ccc(F)cc3F)n[nH]c2[C@H](C)O1. The Bertz CT molecular complexity index is 853. The number of hydrogen-bond donors (Lipinski definition) is 1. The molecule has 1 aliphatic rings. The number of amides is 1. The third kappa shape index (κ3) is 4.39. The van der Waals surface area contributed by atoms with Gasteiger partial charge >= 0.3 is 0 Å². The lowest BCUT2D eigenvalue weighted by molar-refractivity contribution is -0.00702. The minimum atomic E-state index is -0.664. The highest BCUT2D eigenvalue weighted by atomic mass is 19.1. The molecule has 1 aromatic heterocycles. The summed E-state index contributed by atoms with van der Waals surface area (Å²) >= 11 is 0. The van der Waals surface area contributed by atoms with Crippen molar-refractivity contribution in [1.29, 1.82) is 0 Å². The zero-order valence-electron chi connectivity index (χ0n) is 16.6. The van der Waals surface area contributed by atoms with Gasteiger partial charge in [0, 0.05) is 43.2 Å². The van der Waals surface area contributed by atoms with E-state index in [0.29, 0.717) is 25.2 Å². The van der Waals surface area contributed by atoms with E-state index in [1.807, 2.05) is 32.8 Å². The average molecular weight is 392 g/mol. The van der Waals surface area contributed by atoms with Crippen molar-refractivity contribution >= 4 is 5.91 Å². The molecular weight excluding hydrogens is 366 g/mol. The van der Waals surface area contributed by atoms with Gasteiger partial charge in [0.25, 0.3) is 5.91 Å². The summed E-state index contributed by atoms with van der Waals surface area (Å²) in [5.74, 6) is -1.58. The number of ether oxygens (including phenoxy) is 1. The molecule has 2 aromatic rings. The molecule has 0 unspecified atom stereocenters. The van der Waals surface area contributed by atoms with Crippen molar-refractivity contribution in [1.82, 2.24) is 20.0 Å². The lowest BCUT2D eigenvalue weighted by atomic mass is 9.99. The third-order valence-corrected chi connectivity index (χ3v) is 4.92. The van der Waals surface area contributed by atoms with Gasteiger partial charge in [-0.25, -0.2) is 8.78 Å². The second-order valence-electron chi connectivity index (χ2n) is 7.52. The summed E-state index contributed by atoms with van der Waals surface area (Å²) in [5, 5.41) is 7.17. The van der Waals surface area contributed by atoms with Crippen molar-refractivity contribution in [2.24, 2.45) is 0 Å². The van der Waals surface area contributed by atoms with E-state index in [0.717, 1.165) is 17.3 Å². The standard InChI is InChI=1S/C20H26F2N4O2/c1-12-9-16-18(13(2)28-12)23-24-19(16)20(27)26(8-7-25(3)4)11-14-5-6-15(21)10-17(14)22/h5-6,10,12-13H,7-9,11H2,1-4H3,(H,23,24)/t12-,13+/m1/s1. The molecule has 2 atom stereocenters. The van der Waals surface area contributed by atoms with Crippen LogP contribution in [0.4, 0.5) is 8.78 Å². The van der Waals surface area contributed by atoms with E-state index in [1.165, 1.54) is 12.1 Å². The molecule has 6 nitrogen and oxygen atoms in total. The smallest absolute Gasteiger partial charge is 0.274 e. The Hall–Kier alpha value is -2.32. The predicted octanol–water partition coefficient (Wildman–Crippen LogP) is 2.91. The van der Waals surface area contributed by atoms with Gasteiger partial charge in [0.1, 0.15) is 11.6 Å². The molecule has 1 aromatic carbocycles. The first-order chi connectivity index (χ1) is 13.3. The summed E-state index contributed by atoms with van der Waals surface area (Å²) in [4.78, 5) is 16.8. The largest absolute Gasteiger partial charge is 0.369 e. The van der Waals surface area contributed by atoms with Crippen LogP contribution < -0.4 is 0 Å². The molecule has 28 heavy (non-hydrogen) atoms. The second kappa shape index (κ2) is 8.36. The topological polar surface area (TPSA) is 61.5 Å². The van der Waals surface area contributed by atoms with Gasteiger partial charge < -0.3 is 14.5 Å². The van der Waals surface area contributed by atoms with Crippen LogP contribution in [0.3, 0.4) is 0 Å². The molecule has 2 heterocycles. The number of nitrogens with zero attached hydrogens (tertiary/aromatic N) is 3. The third-order valence-electron chi connectivity index (χ3n) is 4.92. The Morgan fingerprint density at radius 2 is 2.04 bits per heavy atom. The van der Waals surface area contributed by atoms with Gasteiger partial charge in [-0.2, -0.15) is 5.10 Å². The Kier molecular flexibility index (Phi) is 6.10. The lowest BCUT2D eigenvalue weighted by Gasteiger charge is -2.27. The summed E-state index contributed by atoms with van der Waals surface area (Å²) in [6, 6.07) is 3.41. The molecule has 0 fully saturated rings. The molecule has 0 bridgehead atoms. The van der Waals surface area contributed by atoms with Gasteiger partial charge in [-0.1, -0.05) is 6.07 Å². The fourth-order valence-electron chi connectivity index (χ4n) is 3.43. The van der Waals surface area contributed by atoms with Crippen molar-refractivity contribution in [2.75, 3.05) is 27.2 Å². The zero-order valence-corrected chi connectivity index (χ0v) is 16.6. The van der Waals surface area contributed by atoms with E-state index < -0.39 is 11.6 Å². The van der Waals surface area contributed by atoms with Gasteiger partial charge in [-0.15, -0.1) is 0 Å². The molecule has 3 rings (SSSR count). The number of carbonyl (C=O) groups is 1. The van der Waals surface area contributed by atoms with Crippen LogP contribution in [-0.4, -0.2) is 59.2 Å². The van der Waals surface area contributed by atoms with E-state index in [9.17, 15) is 13.6 Å². The molecule has 0 spiro atoms. The maximum absolute atomic E-state index is 14.2. The molecule has 0 radical (unpaired) electrons. The fourth-order valence-corrected chi connectivity index (χ4v) is 3.43. The molecule has 152 valence electrons. The highest BCUT2D eigenvalue weighted by molar-refractivity contribution is 5.94. The Morgan fingerprint density at radius 1 is 1.29 bits per heavy atom. The van der Waals surface area contributed by atoms with Crippen molar-refractivity contribution in [3.8, 4) is 0 Å². The van der Waals surface area contributed by atoms with Crippen LogP contribution >= 0.6 is 0 Å². The van der Waals surface area contributed by atoms with E-state index in [-0.39, 0.29) is 30.2 Å². The summed E-state index contributed by atoms with van der Waals surface area (Å²) in [6.45, 7) is 4.92. The highest BCUT2D eigenvalue weighted by Gasteiger charge is 2.31. The summed E-state index contributed by atoms with van der Waals surface area (Å²) < 4.78 is 33.2. The molecule has 0 saturated carbocycles. The number of benzene rings is 1. The number of nitrogens with one attached hydrogen (secondary N) is 1. The van der Waals surface area contributed by atoms with E-state index >= 15 is 0 Å². The number of carbonyl (C=O) groups excluding carboxylic acids is 1. The molecule has 0 saturated heterocycles. The first-order valence-electron chi connectivity index (χ1n) is 9.36. The quantitative estimate of drug-likeness (QED) is 0.821. The molecule has 1 amide bonds. The van der Waals surface area contributed by atoms with Crippen molar-refractivity contribution in [3.05, 3.63) is 52.3 Å². The van der Waals surface area contributed by atoms with Crippen molar-refractivity contribution < 1.29 is 18.3 Å². The van der Waals surface area contributed by atoms with Crippen molar-refractivity contribution in [2.45, 2.75) is 39.0 Å². The first kappa shape index (κ1) is 20.4. The van der Waals surface area contributed by atoms with Gasteiger partial charge in [-0.3, -0.25) is 9.89 Å². The Balaban J connectivity index is 1.89. The number of fused-ring (bicyclic) bond motifs is 1. The summed E-state index contributed by atoms with van der Waals surface area (Å²) in [6.07, 6.45) is 0.401. The first-order valence-corrected chi connectivity index (χ1v) is 9.36. The van der Waals surface area contributed by atoms with Crippen LogP contribution in [0.15, 0.2) is 18.2 Å². The molecule has 8 heteroatoms. The van der Waals surface area contributed by atoms with Gasteiger partial charge in [0.05, 0.1) is 17.9 Å². The van der Waals surface area contributed by atoms with Gasteiger partial charge in [0.15, 0.2) is 5.69 Å². The van der Waals surface area contributed by atoms with Gasteiger partial charge in [-0.05, 0) is 34.0 Å². The van der Waals surface area contributed by atoms with E-state index in [1.54, 1.807) is 4.90 Å².